The number of nitrogens with one attached hydrogen (secondary N) is 1. The minimum atomic E-state index is -1.21. The molecule has 0 bridgehead atoms. The summed E-state index contributed by atoms with van der Waals surface area (Å²) >= 11 is 3.40. The van der Waals surface area contributed by atoms with Crippen LogP contribution in [0.15, 0.2) is 34.8 Å². The maximum absolute atomic E-state index is 13.2. The van der Waals surface area contributed by atoms with Gasteiger partial charge < -0.3 is 14.6 Å². The maximum atomic E-state index is 13.2. The van der Waals surface area contributed by atoms with Crippen LogP contribution >= 0.6 is 15.9 Å². The first-order chi connectivity index (χ1) is 14.7. The number of hydrogen-bond acceptors (Lipinski definition) is 4. The molecule has 31 heavy (non-hydrogen) atoms. The summed E-state index contributed by atoms with van der Waals surface area (Å²) in [6, 6.07) is 8.50. The third kappa shape index (κ3) is 3.94. The molecule has 1 N–H and O–H groups in total. The van der Waals surface area contributed by atoms with Gasteiger partial charge in [-0.1, -0.05) is 28.1 Å². The van der Waals surface area contributed by atoms with Crippen LogP contribution in [-0.4, -0.2) is 46.4 Å². The number of aromatic nitrogens is 1. The number of benzene rings is 1. The van der Waals surface area contributed by atoms with Crippen molar-refractivity contribution in [2.24, 2.45) is 0 Å². The van der Waals surface area contributed by atoms with E-state index in [9.17, 15) is 14.4 Å². The summed E-state index contributed by atoms with van der Waals surface area (Å²) in [6.45, 7) is 6.70. The Hall–Kier alpha value is -2.45. The van der Waals surface area contributed by atoms with E-state index in [-0.39, 0.29) is 18.4 Å². The van der Waals surface area contributed by atoms with Crippen molar-refractivity contribution in [3.05, 3.63) is 57.3 Å². The molecular weight excluding hydrogens is 462 g/mol. The van der Waals surface area contributed by atoms with Crippen molar-refractivity contribution in [3.63, 3.8) is 0 Å². The van der Waals surface area contributed by atoms with E-state index < -0.39 is 17.5 Å². The normalized spacial score (nSPS) is 23.5. The number of hydrogen-bond donors (Lipinski definition) is 1. The van der Waals surface area contributed by atoms with Gasteiger partial charge in [0.1, 0.15) is 5.54 Å². The fourth-order valence-electron chi connectivity index (χ4n) is 4.42. The zero-order valence-electron chi connectivity index (χ0n) is 17.9. The first-order valence-corrected chi connectivity index (χ1v) is 11.2. The van der Waals surface area contributed by atoms with Gasteiger partial charge in [-0.25, -0.2) is 4.79 Å². The van der Waals surface area contributed by atoms with E-state index >= 15 is 0 Å². The number of carbonyl (C=O) groups excluding carboxylic acids is 3. The van der Waals surface area contributed by atoms with Crippen molar-refractivity contribution < 1.29 is 19.1 Å². The van der Waals surface area contributed by atoms with Gasteiger partial charge >= 0.3 is 6.03 Å². The van der Waals surface area contributed by atoms with Crippen molar-refractivity contribution in [2.45, 2.75) is 51.8 Å². The van der Waals surface area contributed by atoms with Gasteiger partial charge in [-0.2, -0.15) is 0 Å². The second kappa shape index (κ2) is 8.24. The molecule has 2 aliphatic rings. The zero-order valence-corrected chi connectivity index (χ0v) is 19.5. The Morgan fingerprint density at radius 3 is 2.74 bits per heavy atom. The Labute approximate surface area is 189 Å². The van der Waals surface area contributed by atoms with E-state index in [1.54, 1.807) is 25.1 Å². The summed E-state index contributed by atoms with van der Waals surface area (Å²) in [5.41, 5.74) is 1.78. The standard InChI is InChI=1S/C23H26BrN3O4/c1-14-10-19(15(2)26(14)12-18-8-5-9-31-18)20(28)13-27-21(29)23(3,25-22(27)30)16-6-4-7-17(24)11-16/h4,6-7,10-11,18H,5,8-9,12-13H2,1-3H3,(H,25,30). The summed E-state index contributed by atoms with van der Waals surface area (Å²) in [5.74, 6) is -0.689. The first-order valence-electron chi connectivity index (χ1n) is 10.4. The minimum Gasteiger partial charge on any atom is -0.376 e. The molecule has 2 aliphatic heterocycles. The lowest BCUT2D eigenvalue weighted by Gasteiger charge is -2.22. The van der Waals surface area contributed by atoms with Crippen LogP contribution in [0.25, 0.3) is 0 Å². The average molecular weight is 488 g/mol. The molecular formula is C23H26BrN3O4. The SMILES string of the molecule is Cc1cc(C(=O)CN2C(=O)NC(C)(c3cccc(Br)c3)C2=O)c(C)n1CC1CCCO1. The highest BCUT2D eigenvalue weighted by Gasteiger charge is 2.49. The number of Topliss-reactive ketones (excluding diaryl/α,β-unsaturated/α-hetero) is 1. The predicted octanol–water partition coefficient (Wildman–Crippen LogP) is 3.70. The molecule has 7 nitrogen and oxygen atoms in total. The van der Waals surface area contributed by atoms with Crippen molar-refractivity contribution in [1.29, 1.82) is 0 Å². The van der Waals surface area contributed by atoms with E-state index in [2.05, 4.69) is 25.8 Å². The van der Waals surface area contributed by atoms with Crippen LogP contribution in [0, 0.1) is 13.8 Å². The Bertz CT molecular complexity index is 1060. The number of imide groups is 1. The van der Waals surface area contributed by atoms with Crippen molar-refractivity contribution in [3.8, 4) is 0 Å². The molecule has 0 radical (unpaired) electrons. The van der Waals surface area contributed by atoms with Gasteiger partial charge in [-0.05, 0) is 57.4 Å². The van der Waals surface area contributed by atoms with Crippen LogP contribution in [0.1, 0.15) is 47.1 Å². The van der Waals surface area contributed by atoms with Crippen molar-refractivity contribution in [2.75, 3.05) is 13.2 Å². The van der Waals surface area contributed by atoms with Crippen molar-refractivity contribution >= 4 is 33.7 Å². The van der Waals surface area contributed by atoms with Gasteiger partial charge in [0.15, 0.2) is 5.78 Å². The molecule has 1 aromatic carbocycles. The summed E-state index contributed by atoms with van der Waals surface area (Å²) in [7, 11) is 0. The number of ether oxygens (including phenoxy) is 1. The summed E-state index contributed by atoms with van der Waals surface area (Å²) in [6.07, 6.45) is 2.22. The zero-order chi connectivity index (χ0) is 22.3. The lowest BCUT2D eigenvalue weighted by molar-refractivity contribution is -0.130. The number of nitrogens with zero attached hydrogens (tertiary/aromatic N) is 2. The molecule has 0 saturated carbocycles. The van der Waals surface area contributed by atoms with Gasteiger partial charge in [-0.3, -0.25) is 14.5 Å². The molecule has 0 spiro atoms. The van der Waals surface area contributed by atoms with E-state index in [0.29, 0.717) is 17.7 Å². The first kappa shape index (κ1) is 21.8. The number of carbonyl (C=O) groups is 3. The van der Waals surface area contributed by atoms with E-state index in [1.165, 1.54) is 0 Å². The Morgan fingerprint density at radius 1 is 1.29 bits per heavy atom. The molecule has 3 heterocycles. The molecule has 2 unspecified atom stereocenters. The quantitative estimate of drug-likeness (QED) is 0.497. The van der Waals surface area contributed by atoms with E-state index in [0.717, 1.165) is 40.2 Å². The van der Waals surface area contributed by atoms with Gasteiger partial charge in [0.2, 0.25) is 0 Å². The number of urea groups is 1. The van der Waals surface area contributed by atoms with Crippen LogP contribution in [-0.2, 0) is 21.6 Å². The van der Waals surface area contributed by atoms with Gasteiger partial charge in [-0.15, -0.1) is 0 Å². The number of rotatable bonds is 6. The highest BCUT2D eigenvalue weighted by Crippen LogP contribution is 2.31. The van der Waals surface area contributed by atoms with Gasteiger partial charge in [0, 0.05) is 34.6 Å². The number of aryl methyl sites for hydroxylation is 1. The average Bonchev–Trinajstić information content (AvgIpc) is 3.39. The highest BCUT2D eigenvalue weighted by molar-refractivity contribution is 9.10. The third-order valence-corrected chi connectivity index (χ3v) is 6.76. The van der Waals surface area contributed by atoms with E-state index in [4.69, 9.17) is 4.74 Å². The minimum absolute atomic E-state index is 0.157. The van der Waals surface area contributed by atoms with Crippen LogP contribution in [0.2, 0.25) is 0 Å². The molecule has 2 saturated heterocycles. The second-order valence-corrected chi connectivity index (χ2v) is 9.33. The van der Waals surface area contributed by atoms with Gasteiger partial charge in [0.25, 0.3) is 5.91 Å². The van der Waals surface area contributed by atoms with Crippen LogP contribution < -0.4 is 5.32 Å². The predicted molar refractivity (Wildman–Crippen MR) is 119 cm³/mol. The van der Waals surface area contributed by atoms with E-state index in [1.807, 2.05) is 26.0 Å². The summed E-state index contributed by atoms with van der Waals surface area (Å²) in [5, 5.41) is 2.75. The summed E-state index contributed by atoms with van der Waals surface area (Å²) in [4.78, 5) is 39.9. The Balaban J connectivity index is 1.53. The molecule has 2 fully saturated rings. The monoisotopic (exact) mass is 487 g/mol. The van der Waals surface area contributed by atoms with Crippen LogP contribution in [0.5, 0.6) is 0 Å². The van der Waals surface area contributed by atoms with Gasteiger partial charge in [0.05, 0.1) is 12.6 Å². The Morgan fingerprint density at radius 2 is 2.06 bits per heavy atom. The fourth-order valence-corrected chi connectivity index (χ4v) is 4.82. The van der Waals surface area contributed by atoms with Crippen molar-refractivity contribution in [1.82, 2.24) is 14.8 Å². The topological polar surface area (TPSA) is 80.6 Å². The highest BCUT2D eigenvalue weighted by atomic mass is 79.9. The lowest BCUT2D eigenvalue weighted by Crippen LogP contribution is -2.41. The van der Waals surface area contributed by atoms with Crippen LogP contribution in [0.4, 0.5) is 4.79 Å². The number of halogens is 1. The molecule has 4 rings (SSSR count). The molecule has 3 amide bonds. The number of ketones is 1. The number of amides is 3. The van der Waals surface area contributed by atoms with Crippen LogP contribution in [0.3, 0.4) is 0 Å². The summed E-state index contributed by atoms with van der Waals surface area (Å²) < 4.78 is 8.62. The molecule has 0 aliphatic carbocycles. The Kier molecular flexibility index (Phi) is 5.79. The third-order valence-electron chi connectivity index (χ3n) is 6.26. The maximum Gasteiger partial charge on any atom is 0.325 e. The molecule has 2 aromatic rings. The largest absolute Gasteiger partial charge is 0.376 e. The fraction of sp³-hybridized carbons (Fsp3) is 0.435. The molecule has 2 atom stereocenters. The molecule has 164 valence electrons. The molecule has 1 aromatic heterocycles. The second-order valence-electron chi connectivity index (χ2n) is 8.41. The lowest BCUT2D eigenvalue weighted by atomic mass is 9.92. The molecule has 8 heteroatoms. The smallest absolute Gasteiger partial charge is 0.325 e.